The quantitative estimate of drug-likeness (QED) is 0.704. The van der Waals surface area contributed by atoms with Crippen molar-refractivity contribution in [3.63, 3.8) is 0 Å². The molecule has 5 nitrogen and oxygen atoms in total. The molecule has 18 heavy (non-hydrogen) atoms. The fraction of sp³-hybridized carbons (Fsp3) is 0.154. The smallest absolute Gasteiger partial charge is 0.147 e. The highest BCUT2D eigenvalue weighted by atomic mass is 15.0. The molecular weight excluding hydrogens is 226 g/mol. The lowest BCUT2D eigenvalue weighted by Gasteiger charge is -1.98. The largest absolute Gasteiger partial charge is 0.342 e. The summed E-state index contributed by atoms with van der Waals surface area (Å²) in [6.07, 6.45) is 1.65. The minimum absolute atomic E-state index is 0.561. The topological polar surface area (TPSA) is 70.3 Å². The first kappa shape index (κ1) is 10.5. The van der Waals surface area contributed by atoms with Crippen molar-refractivity contribution in [2.45, 2.75) is 6.92 Å². The number of benzene rings is 1. The SMILES string of the molecule is Cc1nc2ccc(-c3ncn(C)c3C#N)cc2[nH]1. The van der Waals surface area contributed by atoms with Crippen LogP contribution in [0.1, 0.15) is 11.5 Å². The zero-order valence-electron chi connectivity index (χ0n) is 10.1. The maximum Gasteiger partial charge on any atom is 0.147 e. The van der Waals surface area contributed by atoms with E-state index in [0.29, 0.717) is 11.4 Å². The molecule has 0 bridgehead atoms. The zero-order chi connectivity index (χ0) is 12.7. The second-order valence-electron chi connectivity index (χ2n) is 4.22. The van der Waals surface area contributed by atoms with E-state index in [1.807, 2.05) is 32.2 Å². The van der Waals surface area contributed by atoms with E-state index in [1.165, 1.54) is 0 Å². The first-order valence-electron chi connectivity index (χ1n) is 5.57. The maximum absolute atomic E-state index is 9.14. The van der Waals surface area contributed by atoms with Gasteiger partial charge in [-0.25, -0.2) is 9.97 Å². The van der Waals surface area contributed by atoms with Crippen LogP contribution in [0.4, 0.5) is 0 Å². The third-order valence-electron chi connectivity index (χ3n) is 2.92. The molecule has 0 amide bonds. The molecule has 0 saturated heterocycles. The number of nitriles is 1. The number of aromatic amines is 1. The Kier molecular flexibility index (Phi) is 2.17. The van der Waals surface area contributed by atoms with E-state index in [0.717, 1.165) is 22.4 Å². The normalized spacial score (nSPS) is 10.7. The van der Waals surface area contributed by atoms with Crippen molar-refractivity contribution in [3.8, 4) is 17.3 Å². The van der Waals surface area contributed by atoms with Gasteiger partial charge in [-0.1, -0.05) is 6.07 Å². The lowest BCUT2D eigenvalue weighted by molar-refractivity contribution is 0.897. The van der Waals surface area contributed by atoms with Gasteiger partial charge in [-0.15, -0.1) is 0 Å². The Labute approximate surface area is 104 Å². The average molecular weight is 237 g/mol. The molecule has 5 heteroatoms. The van der Waals surface area contributed by atoms with Crippen molar-refractivity contribution in [1.29, 1.82) is 5.26 Å². The van der Waals surface area contributed by atoms with E-state index in [4.69, 9.17) is 5.26 Å². The highest BCUT2D eigenvalue weighted by Gasteiger charge is 2.11. The Morgan fingerprint density at radius 2 is 2.22 bits per heavy atom. The van der Waals surface area contributed by atoms with Gasteiger partial charge in [0.1, 0.15) is 23.3 Å². The molecule has 2 aromatic heterocycles. The molecule has 0 fully saturated rings. The number of rotatable bonds is 1. The van der Waals surface area contributed by atoms with Crippen LogP contribution in [-0.2, 0) is 7.05 Å². The first-order valence-corrected chi connectivity index (χ1v) is 5.57. The van der Waals surface area contributed by atoms with Gasteiger partial charge >= 0.3 is 0 Å². The lowest BCUT2D eigenvalue weighted by atomic mass is 10.1. The summed E-state index contributed by atoms with van der Waals surface area (Å²) in [5.41, 5.74) is 4.06. The van der Waals surface area contributed by atoms with Gasteiger partial charge < -0.3 is 9.55 Å². The summed E-state index contributed by atoms with van der Waals surface area (Å²) < 4.78 is 1.72. The van der Waals surface area contributed by atoms with Crippen LogP contribution in [0.2, 0.25) is 0 Å². The second-order valence-corrected chi connectivity index (χ2v) is 4.22. The molecule has 0 saturated carbocycles. The number of imidazole rings is 2. The van der Waals surface area contributed by atoms with Gasteiger partial charge in [0.25, 0.3) is 0 Å². The van der Waals surface area contributed by atoms with Crippen LogP contribution >= 0.6 is 0 Å². The van der Waals surface area contributed by atoms with Gasteiger partial charge in [0, 0.05) is 12.6 Å². The standard InChI is InChI=1S/C13H11N5/c1-8-16-10-4-3-9(5-11(10)17-8)13-12(6-14)18(2)7-15-13/h3-5,7H,1-2H3,(H,16,17). The first-order chi connectivity index (χ1) is 8.69. The number of nitrogens with zero attached hydrogens (tertiary/aromatic N) is 4. The summed E-state index contributed by atoms with van der Waals surface area (Å²) in [6, 6.07) is 8.01. The third kappa shape index (κ3) is 1.47. The number of aromatic nitrogens is 4. The Morgan fingerprint density at radius 1 is 1.39 bits per heavy atom. The van der Waals surface area contributed by atoms with E-state index >= 15 is 0 Å². The van der Waals surface area contributed by atoms with Crippen LogP contribution in [0, 0.1) is 18.3 Å². The molecular formula is C13H11N5. The molecule has 1 aromatic carbocycles. The van der Waals surface area contributed by atoms with Gasteiger partial charge in [-0.3, -0.25) is 0 Å². The van der Waals surface area contributed by atoms with Crippen LogP contribution in [0.25, 0.3) is 22.3 Å². The predicted molar refractivity (Wildman–Crippen MR) is 67.7 cm³/mol. The molecule has 0 aliphatic carbocycles. The minimum atomic E-state index is 0.561. The number of hydrogen-bond donors (Lipinski definition) is 1. The summed E-state index contributed by atoms with van der Waals surface area (Å²) in [5, 5.41) is 9.14. The van der Waals surface area contributed by atoms with Crippen LogP contribution in [0.15, 0.2) is 24.5 Å². The average Bonchev–Trinajstić information content (AvgIpc) is 2.89. The Bertz CT molecular complexity index is 772. The highest BCUT2D eigenvalue weighted by Crippen LogP contribution is 2.24. The minimum Gasteiger partial charge on any atom is -0.342 e. The van der Waals surface area contributed by atoms with Gasteiger partial charge in [0.15, 0.2) is 0 Å². The number of hydrogen-bond acceptors (Lipinski definition) is 3. The van der Waals surface area contributed by atoms with E-state index < -0.39 is 0 Å². The summed E-state index contributed by atoms with van der Waals surface area (Å²) >= 11 is 0. The predicted octanol–water partition coefficient (Wildman–Crippen LogP) is 2.14. The van der Waals surface area contributed by atoms with Gasteiger partial charge in [0.05, 0.1) is 17.4 Å². The summed E-state index contributed by atoms with van der Waals surface area (Å²) in [7, 11) is 1.81. The third-order valence-corrected chi connectivity index (χ3v) is 2.92. The van der Waals surface area contributed by atoms with Crippen LogP contribution in [0.3, 0.4) is 0 Å². The van der Waals surface area contributed by atoms with E-state index in [2.05, 4.69) is 21.0 Å². The molecule has 0 unspecified atom stereocenters. The van der Waals surface area contributed by atoms with Crippen molar-refractivity contribution in [1.82, 2.24) is 19.5 Å². The fourth-order valence-electron chi connectivity index (χ4n) is 2.06. The molecule has 0 aliphatic rings. The maximum atomic E-state index is 9.14. The lowest BCUT2D eigenvalue weighted by Crippen LogP contribution is -1.90. The summed E-state index contributed by atoms with van der Waals surface area (Å²) in [5.74, 6) is 0.878. The van der Waals surface area contributed by atoms with Crippen molar-refractivity contribution >= 4 is 11.0 Å². The molecule has 1 N–H and O–H groups in total. The highest BCUT2D eigenvalue weighted by molar-refractivity contribution is 5.82. The van der Waals surface area contributed by atoms with Gasteiger partial charge in [-0.2, -0.15) is 5.26 Å². The molecule has 0 atom stereocenters. The second kappa shape index (κ2) is 3.70. The van der Waals surface area contributed by atoms with E-state index in [9.17, 15) is 0 Å². The number of nitrogens with one attached hydrogen (secondary N) is 1. The molecule has 2 heterocycles. The molecule has 3 rings (SSSR count). The van der Waals surface area contributed by atoms with Crippen LogP contribution in [0.5, 0.6) is 0 Å². The summed E-state index contributed by atoms with van der Waals surface area (Å²) in [4.78, 5) is 11.8. The molecule has 0 radical (unpaired) electrons. The Balaban J connectivity index is 2.22. The number of aryl methyl sites for hydroxylation is 2. The molecule has 0 aliphatic heterocycles. The fourth-order valence-corrected chi connectivity index (χ4v) is 2.06. The van der Waals surface area contributed by atoms with Crippen molar-refractivity contribution < 1.29 is 0 Å². The molecule has 3 aromatic rings. The molecule has 0 spiro atoms. The van der Waals surface area contributed by atoms with Crippen molar-refractivity contribution in [2.75, 3.05) is 0 Å². The molecule has 88 valence electrons. The van der Waals surface area contributed by atoms with E-state index in [-0.39, 0.29) is 0 Å². The van der Waals surface area contributed by atoms with Gasteiger partial charge in [0.2, 0.25) is 0 Å². The van der Waals surface area contributed by atoms with Crippen LogP contribution in [-0.4, -0.2) is 19.5 Å². The Morgan fingerprint density at radius 3 is 3.00 bits per heavy atom. The summed E-state index contributed by atoms with van der Waals surface area (Å²) in [6.45, 7) is 1.92. The zero-order valence-corrected chi connectivity index (χ0v) is 10.1. The van der Waals surface area contributed by atoms with Crippen molar-refractivity contribution in [2.24, 2.45) is 7.05 Å². The van der Waals surface area contributed by atoms with Crippen LogP contribution < -0.4 is 0 Å². The van der Waals surface area contributed by atoms with Crippen molar-refractivity contribution in [3.05, 3.63) is 36.0 Å². The monoisotopic (exact) mass is 237 g/mol. The number of fused-ring (bicyclic) bond motifs is 1. The Hall–Kier alpha value is -2.61. The van der Waals surface area contributed by atoms with E-state index in [1.54, 1.807) is 10.9 Å². The van der Waals surface area contributed by atoms with Gasteiger partial charge in [-0.05, 0) is 19.1 Å². The number of H-pyrrole nitrogens is 1.